The maximum Gasteiger partial charge on any atom is 0.374 e. The number of hydrogen-bond donors (Lipinski definition) is 0. The molecule has 0 aliphatic rings. The average molecular weight is 409 g/mol. The SMILES string of the molecule is CCCCCCCCCCCCC(C)C(=O)C(=O)OCCC(C)CCC=C(C)C. The average Bonchev–Trinajstić information content (AvgIpc) is 2.68. The molecule has 0 aromatic heterocycles. The topological polar surface area (TPSA) is 43.4 Å². The van der Waals surface area contributed by atoms with Crippen LogP contribution in [-0.4, -0.2) is 18.4 Å². The molecular formula is C26H48O3. The van der Waals surface area contributed by atoms with E-state index in [1.165, 1.54) is 56.9 Å². The molecule has 2 unspecified atom stereocenters. The molecule has 29 heavy (non-hydrogen) atoms. The van der Waals surface area contributed by atoms with Crippen LogP contribution in [0.3, 0.4) is 0 Å². The lowest BCUT2D eigenvalue weighted by molar-refractivity contribution is -0.155. The highest BCUT2D eigenvalue weighted by Crippen LogP contribution is 2.16. The van der Waals surface area contributed by atoms with E-state index in [-0.39, 0.29) is 11.7 Å². The first-order chi connectivity index (χ1) is 13.9. The second-order valence-corrected chi connectivity index (χ2v) is 9.12. The predicted octanol–water partition coefficient (Wildman–Crippen LogP) is 7.82. The van der Waals surface area contributed by atoms with E-state index in [1.807, 2.05) is 6.92 Å². The van der Waals surface area contributed by atoms with Crippen molar-refractivity contribution in [2.45, 2.75) is 125 Å². The molecule has 3 heteroatoms. The summed E-state index contributed by atoms with van der Waals surface area (Å²) < 4.78 is 5.22. The lowest BCUT2D eigenvalue weighted by Gasteiger charge is -2.12. The predicted molar refractivity (Wildman–Crippen MR) is 124 cm³/mol. The minimum atomic E-state index is -0.638. The van der Waals surface area contributed by atoms with Crippen LogP contribution in [0.4, 0.5) is 0 Å². The van der Waals surface area contributed by atoms with Gasteiger partial charge in [0, 0.05) is 5.92 Å². The Morgan fingerprint density at radius 1 is 0.793 bits per heavy atom. The van der Waals surface area contributed by atoms with Crippen LogP contribution in [0.25, 0.3) is 0 Å². The summed E-state index contributed by atoms with van der Waals surface area (Å²) in [5, 5.41) is 0. The molecule has 0 saturated carbocycles. The van der Waals surface area contributed by atoms with Crippen LogP contribution >= 0.6 is 0 Å². The molecule has 0 aromatic rings. The molecule has 3 nitrogen and oxygen atoms in total. The fraction of sp³-hybridized carbons (Fsp3) is 0.846. The van der Waals surface area contributed by atoms with Gasteiger partial charge in [-0.15, -0.1) is 0 Å². The van der Waals surface area contributed by atoms with Crippen LogP contribution in [-0.2, 0) is 14.3 Å². The van der Waals surface area contributed by atoms with Crippen molar-refractivity contribution in [3.63, 3.8) is 0 Å². The molecule has 0 bridgehead atoms. The van der Waals surface area contributed by atoms with E-state index < -0.39 is 5.97 Å². The van der Waals surface area contributed by atoms with Crippen molar-refractivity contribution in [2.24, 2.45) is 11.8 Å². The lowest BCUT2D eigenvalue weighted by atomic mass is 9.97. The largest absolute Gasteiger partial charge is 0.460 e. The molecule has 0 fully saturated rings. The first-order valence-electron chi connectivity index (χ1n) is 12.2. The molecule has 0 heterocycles. The highest BCUT2D eigenvalue weighted by Gasteiger charge is 2.22. The Kier molecular flexibility index (Phi) is 18.2. The van der Waals surface area contributed by atoms with E-state index in [0.717, 1.165) is 38.5 Å². The fourth-order valence-corrected chi connectivity index (χ4v) is 3.50. The molecule has 170 valence electrons. The van der Waals surface area contributed by atoms with Crippen molar-refractivity contribution in [1.82, 2.24) is 0 Å². The van der Waals surface area contributed by atoms with Crippen molar-refractivity contribution < 1.29 is 14.3 Å². The maximum absolute atomic E-state index is 12.2. The van der Waals surface area contributed by atoms with Crippen LogP contribution in [0.5, 0.6) is 0 Å². The number of allylic oxidation sites excluding steroid dienone is 2. The van der Waals surface area contributed by atoms with Gasteiger partial charge >= 0.3 is 5.97 Å². The molecule has 0 rings (SSSR count). The van der Waals surface area contributed by atoms with Crippen molar-refractivity contribution in [1.29, 1.82) is 0 Å². The van der Waals surface area contributed by atoms with E-state index >= 15 is 0 Å². The molecule has 0 saturated heterocycles. The zero-order valence-corrected chi connectivity index (χ0v) is 20.1. The minimum Gasteiger partial charge on any atom is -0.460 e. The van der Waals surface area contributed by atoms with Gasteiger partial charge in [0.2, 0.25) is 5.78 Å². The summed E-state index contributed by atoms with van der Waals surface area (Å²) in [5.41, 5.74) is 1.34. The van der Waals surface area contributed by atoms with Crippen LogP contribution in [0, 0.1) is 11.8 Å². The van der Waals surface area contributed by atoms with E-state index in [2.05, 4.69) is 33.8 Å². The van der Waals surface area contributed by atoms with Gasteiger partial charge in [0.1, 0.15) is 0 Å². The van der Waals surface area contributed by atoms with Gasteiger partial charge in [0.15, 0.2) is 0 Å². The van der Waals surface area contributed by atoms with Gasteiger partial charge in [0.05, 0.1) is 6.61 Å². The highest BCUT2D eigenvalue weighted by atomic mass is 16.5. The Hall–Kier alpha value is -1.12. The third kappa shape index (κ3) is 17.4. The zero-order chi connectivity index (χ0) is 21.9. The number of ether oxygens (including phenoxy) is 1. The smallest absolute Gasteiger partial charge is 0.374 e. The van der Waals surface area contributed by atoms with Gasteiger partial charge in [-0.25, -0.2) is 4.79 Å². The molecule has 0 radical (unpaired) electrons. The summed E-state index contributed by atoms with van der Waals surface area (Å²) in [6.07, 6.45) is 18.8. The number of unbranched alkanes of at least 4 members (excludes halogenated alkanes) is 9. The summed E-state index contributed by atoms with van der Waals surface area (Å²) in [6.45, 7) is 10.8. The van der Waals surface area contributed by atoms with Crippen LogP contribution < -0.4 is 0 Å². The lowest BCUT2D eigenvalue weighted by Crippen LogP contribution is -2.24. The molecular weight excluding hydrogens is 360 g/mol. The van der Waals surface area contributed by atoms with E-state index in [4.69, 9.17) is 4.74 Å². The van der Waals surface area contributed by atoms with E-state index in [9.17, 15) is 9.59 Å². The van der Waals surface area contributed by atoms with E-state index in [0.29, 0.717) is 12.5 Å². The van der Waals surface area contributed by atoms with Gasteiger partial charge in [-0.05, 0) is 45.4 Å². The molecule has 0 spiro atoms. The van der Waals surface area contributed by atoms with Crippen molar-refractivity contribution in [3.05, 3.63) is 11.6 Å². The van der Waals surface area contributed by atoms with Gasteiger partial charge < -0.3 is 4.74 Å². The van der Waals surface area contributed by atoms with Crippen LogP contribution in [0.15, 0.2) is 11.6 Å². The quantitative estimate of drug-likeness (QED) is 0.0946. The van der Waals surface area contributed by atoms with Crippen molar-refractivity contribution >= 4 is 11.8 Å². The first-order valence-corrected chi connectivity index (χ1v) is 12.2. The molecule has 0 aliphatic carbocycles. The van der Waals surface area contributed by atoms with Crippen molar-refractivity contribution in [2.75, 3.05) is 6.61 Å². The van der Waals surface area contributed by atoms with E-state index in [1.54, 1.807) is 0 Å². The number of hydrogen-bond acceptors (Lipinski definition) is 3. The Labute approximate surface area is 181 Å². The summed E-state index contributed by atoms with van der Waals surface area (Å²) in [6, 6.07) is 0. The number of ketones is 1. The monoisotopic (exact) mass is 408 g/mol. The molecule has 0 amide bonds. The Bertz CT molecular complexity index is 449. The summed E-state index contributed by atoms with van der Waals surface area (Å²) in [7, 11) is 0. The maximum atomic E-state index is 12.2. The molecule has 0 N–H and O–H groups in total. The Balaban J connectivity index is 3.70. The third-order valence-corrected chi connectivity index (χ3v) is 5.70. The zero-order valence-electron chi connectivity index (χ0n) is 20.1. The number of carbonyl (C=O) groups is 2. The number of carbonyl (C=O) groups excluding carboxylic acids is 2. The van der Waals surface area contributed by atoms with Crippen LogP contribution in [0.2, 0.25) is 0 Å². The molecule has 0 aliphatic heterocycles. The second-order valence-electron chi connectivity index (χ2n) is 9.12. The summed E-state index contributed by atoms with van der Waals surface area (Å²) in [5.74, 6) is -0.705. The van der Waals surface area contributed by atoms with Gasteiger partial charge in [-0.2, -0.15) is 0 Å². The second kappa shape index (κ2) is 18.9. The van der Waals surface area contributed by atoms with Gasteiger partial charge in [-0.1, -0.05) is 96.6 Å². The standard InChI is InChI=1S/C26H48O3/c1-6-7-8-9-10-11-12-13-14-15-19-24(5)25(27)26(28)29-21-20-23(4)18-16-17-22(2)3/h17,23-24H,6-16,18-21H2,1-5H3. The number of Topliss-reactive ketones (excluding diaryl/α,β-unsaturated/α-hetero) is 1. The Morgan fingerprint density at radius 2 is 1.34 bits per heavy atom. The highest BCUT2D eigenvalue weighted by molar-refractivity contribution is 6.34. The van der Waals surface area contributed by atoms with Gasteiger partial charge in [-0.3, -0.25) is 4.79 Å². The summed E-state index contributed by atoms with van der Waals surface area (Å²) in [4.78, 5) is 24.1. The van der Waals surface area contributed by atoms with Crippen molar-refractivity contribution in [3.8, 4) is 0 Å². The van der Waals surface area contributed by atoms with Crippen LogP contribution in [0.1, 0.15) is 125 Å². The number of esters is 1. The normalized spacial score (nSPS) is 13.0. The third-order valence-electron chi connectivity index (χ3n) is 5.70. The minimum absolute atomic E-state index is 0.216. The number of rotatable bonds is 19. The Morgan fingerprint density at radius 3 is 1.90 bits per heavy atom. The van der Waals surface area contributed by atoms with Gasteiger partial charge in [0.25, 0.3) is 0 Å². The molecule has 0 aromatic carbocycles. The summed E-state index contributed by atoms with van der Waals surface area (Å²) >= 11 is 0. The molecule has 2 atom stereocenters. The first kappa shape index (κ1) is 27.9. The fourth-order valence-electron chi connectivity index (χ4n) is 3.50.